The highest BCUT2D eigenvalue weighted by Gasteiger charge is 2.51. The summed E-state index contributed by atoms with van der Waals surface area (Å²) in [6, 6.07) is -0.631. The van der Waals surface area contributed by atoms with Crippen molar-refractivity contribution in [2.45, 2.75) is 24.5 Å². The molecule has 0 aromatic carbocycles. The molecule has 3 atom stereocenters. The minimum atomic E-state index is -1.12. The smallest absolute Gasteiger partial charge is 0.352 e. The SMILES string of the molecule is CC1N=CN([O-])CN1SCC1=C(C(=O)O)N2C(=O)[C@@H](N)[C@H]2SC1. The molecular formula is C12H16N5O4S2-. The maximum Gasteiger partial charge on any atom is 0.352 e. The van der Waals surface area contributed by atoms with Crippen LogP contribution in [0.4, 0.5) is 0 Å². The van der Waals surface area contributed by atoms with E-state index < -0.39 is 12.0 Å². The number of aliphatic carboxylic acids is 1. The van der Waals surface area contributed by atoms with Crippen molar-refractivity contribution in [3.8, 4) is 0 Å². The number of carbonyl (C=O) groups excluding carboxylic acids is 1. The Hall–Kier alpha value is -1.27. The molecule has 0 spiro atoms. The zero-order valence-electron chi connectivity index (χ0n) is 12.3. The molecule has 1 saturated heterocycles. The van der Waals surface area contributed by atoms with E-state index in [1.807, 2.05) is 6.92 Å². The van der Waals surface area contributed by atoms with E-state index in [1.165, 1.54) is 34.9 Å². The number of hydroxylamine groups is 2. The van der Waals surface area contributed by atoms with Crippen molar-refractivity contribution < 1.29 is 14.7 Å². The molecule has 3 aliphatic heterocycles. The third kappa shape index (κ3) is 2.94. The van der Waals surface area contributed by atoms with Gasteiger partial charge in [0.15, 0.2) is 0 Å². The van der Waals surface area contributed by atoms with Gasteiger partial charge < -0.3 is 21.1 Å². The first-order valence-corrected chi connectivity index (χ1v) is 8.91. The molecule has 0 aliphatic carbocycles. The highest BCUT2D eigenvalue weighted by Crippen LogP contribution is 2.40. The van der Waals surface area contributed by atoms with Crippen molar-refractivity contribution in [3.63, 3.8) is 0 Å². The lowest BCUT2D eigenvalue weighted by atomic mass is 10.0. The van der Waals surface area contributed by atoms with Crippen LogP contribution in [0.15, 0.2) is 16.3 Å². The number of carboxylic acids is 1. The predicted octanol–water partition coefficient (Wildman–Crippen LogP) is -0.337. The van der Waals surface area contributed by atoms with Gasteiger partial charge in [-0.05, 0) is 12.5 Å². The fourth-order valence-corrected chi connectivity index (χ4v) is 4.99. The molecule has 11 heteroatoms. The summed E-state index contributed by atoms with van der Waals surface area (Å²) >= 11 is 2.81. The molecule has 0 aromatic rings. The maximum absolute atomic E-state index is 11.9. The molecule has 0 radical (unpaired) electrons. The second kappa shape index (κ2) is 6.32. The lowest BCUT2D eigenvalue weighted by molar-refractivity contribution is -0.147. The van der Waals surface area contributed by atoms with Gasteiger partial charge in [0.25, 0.3) is 0 Å². The molecule has 1 fully saturated rings. The van der Waals surface area contributed by atoms with Crippen molar-refractivity contribution in [3.05, 3.63) is 16.5 Å². The van der Waals surface area contributed by atoms with Gasteiger partial charge in [-0.3, -0.25) is 14.7 Å². The fourth-order valence-electron chi connectivity index (χ4n) is 2.54. The number of hydrogen-bond acceptors (Lipinski definition) is 9. The van der Waals surface area contributed by atoms with Crippen molar-refractivity contribution in [2.75, 3.05) is 18.2 Å². The van der Waals surface area contributed by atoms with Gasteiger partial charge in [0, 0.05) is 11.5 Å². The van der Waals surface area contributed by atoms with E-state index in [4.69, 9.17) is 5.73 Å². The molecule has 126 valence electrons. The first-order chi connectivity index (χ1) is 10.9. The summed E-state index contributed by atoms with van der Waals surface area (Å²) in [5.74, 6) is -0.595. The Balaban J connectivity index is 1.74. The second-order valence-corrected chi connectivity index (χ2v) is 7.46. The van der Waals surface area contributed by atoms with Crippen molar-refractivity contribution in [1.82, 2.24) is 14.3 Å². The molecule has 0 saturated carbocycles. The van der Waals surface area contributed by atoms with Crippen LogP contribution in [0.2, 0.25) is 0 Å². The van der Waals surface area contributed by atoms with Gasteiger partial charge in [0.1, 0.15) is 23.3 Å². The van der Waals surface area contributed by atoms with Crippen LogP contribution < -0.4 is 5.73 Å². The average Bonchev–Trinajstić information content (AvgIpc) is 2.53. The number of nitrogens with two attached hydrogens (primary N) is 1. The molecular weight excluding hydrogens is 342 g/mol. The largest absolute Gasteiger partial charge is 0.757 e. The molecule has 3 rings (SSSR count). The molecule has 1 amide bonds. The number of hydrogen-bond donors (Lipinski definition) is 2. The molecule has 3 aliphatic rings. The van der Waals surface area contributed by atoms with E-state index in [2.05, 4.69) is 4.99 Å². The van der Waals surface area contributed by atoms with Gasteiger partial charge in [0.2, 0.25) is 5.91 Å². The van der Waals surface area contributed by atoms with Gasteiger partial charge in [-0.15, -0.1) is 11.8 Å². The van der Waals surface area contributed by atoms with Gasteiger partial charge in [-0.25, -0.2) is 9.10 Å². The summed E-state index contributed by atoms with van der Waals surface area (Å²) < 4.78 is 1.78. The quantitative estimate of drug-likeness (QED) is 0.513. The number of amides is 1. The van der Waals surface area contributed by atoms with Crippen LogP contribution in [0, 0.1) is 5.21 Å². The molecule has 1 unspecified atom stereocenters. The number of thioether (sulfide) groups is 1. The van der Waals surface area contributed by atoms with Crippen LogP contribution in [0.5, 0.6) is 0 Å². The lowest BCUT2D eigenvalue weighted by Gasteiger charge is -2.48. The number of nitrogens with zero attached hydrogens (tertiary/aromatic N) is 4. The number of carboxylic acid groups (broad SMARTS) is 1. The monoisotopic (exact) mass is 358 g/mol. The van der Waals surface area contributed by atoms with E-state index in [9.17, 15) is 19.9 Å². The maximum atomic E-state index is 11.9. The fraction of sp³-hybridized carbons (Fsp3) is 0.583. The summed E-state index contributed by atoms with van der Waals surface area (Å²) in [6.07, 6.45) is 1.08. The van der Waals surface area contributed by atoms with Gasteiger partial charge in [0.05, 0.1) is 13.0 Å². The molecule has 23 heavy (non-hydrogen) atoms. The average molecular weight is 358 g/mol. The summed E-state index contributed by atoms with van der Waals surface area (Å²) in [4.78, 5) is 28.7. The normalized spacial score (nSPS) is 31.3. The minimum absolute atomic E-state index is 0.0279. The first kappa shape index (κ1) is 16.6. The van der Waals surface area contributed by atoms with Gasteiger partial charge in [-0.1, -0.05) is 11.9 Å². The number of β-lactam (4-membered cyclic amide) rings is 1. The number of fused-ring (bicyclic) bond motifs is 1. The predicted molar refractivity (Wildman–Crippen MR) is 88.1 cm³/mol. The molecule has 9 nitrogen and oxygen atoms in total. The van der Waals surface area contributed by atoms with E-state index in [0.717, 1.165) is 0 Å². The van der Waals surface area contributed by atoms with Crippen molar-refractivity contribution >= 4 is 41.9 Å². The van der Waals surface area contributed by atoms with Gasteiger partial charge >= 0.3 is 5.97 Å². The number of rotatable bonds is 4. The molecule has 3 N–H and O–H groups in total. The highest BCUT2D eigenvalue weighted by atomic mass is 32.2. The Morgan fingerprint density at radius 3 is 3.09 bits per heavy atom. The van der Waals surface area contributed by atoms with Crippen molar-refractivity contribution in [2.24, 2.45) is 10.7 Å². The van der Waals surface area contributed by atoms with Crippen LogP contribution in [-0.2, 0) is 9.59 Å². The molecule has 3 heterocycles. The van der Waals surface area contributed by atoms with Crippen LogP contribution in [0.3, 0.4) is 0 Å². The third-order valence-electron chi connectivity index (χ3n) is 3.80. The number of aliphatic imine (C=N–C) groups is 1. The van der Waals surface area contributed by atoms with E-state index in [-0.39, 0.29) is 29.8 Å². The summed E-state index contributed by atoms with van der Waals surface area (Å²) in [5.41, 5.74) is 6.40. The third-order valence-corrected chi connectivity index (χ3v) is 6.39. The van der Waals surface area contributed by atoms with Crippen LogP contribution >= 0.6 is 23.7 Å². The summed E-state index contributed by atoms with van der Waals surface area (Å²) in [5, 5.41) is 21.2. The first-order valence-electron chi connectivity index (χ1n) is 6.92. The summed E-state index contributed by atoms with van der Waals surface area (Å²) in [7, 11) is 0. The summed E-state index contributed by atoms with van der Waals surface area (Å²) in [6.45, 7) is 2.01. The van der Waals surface area contributed by atoms with Crippen LogP contribution in [-0.4, -0.2) is 73.3 Å². The van der Waals surface area contributed by atoms with E-state index in [0.29, 0.717) is 22.1 Å². The van der Waals surface area contributed by atoms with Gasteiger partial charge in [-0.2, -0.15) is 0 Å². The van der Waals surface area contributed by atoms with E-state index >= 15 is 0 Å². The van der Waals surface area contributed by atoms with Crippen LogP contribution in [0.1, 0.15) is 6.92 Å². The second-order valence-electron chi connectivity index (χ2n) is 5.34. The minimum Gasteiger partial charge on any atom is -0.757 e. The Kier molecular flexibility index (Phi) is 4.56. The van der Waals surface area contributed by atoms with Crippen molar-refractivity contribution in [1.29, 1.82) is 0 Å². The standard InChI is InChI=1S/C12H16N5O4S2/c1-6-14-4-15(21)5-16(6)23-3-7-2-22-11-8(13)10(18)17(11)9(7)12(19)20/h4,6,8,11H,2-3,5,13H2,1H3,(H,19,20)/q-1/t6?,8-,11-/m1/s1. The van der Waals surface area contributed by atoms with E-state index in [1.54, 1.807) is 4.31 Å². The number of carbonyl (C=O) groups is 2. The topological polar surface area (TPSA) is 126 Å². The molecule has 0 bridgehead atoms. The Morgan fingerprint density at radius 2 is 2.39 bits per heavy atom. The Morgan fingerprint density at radius 1 is 1.65 bits per heavy atom. The Bertz CT molecular complexity index is 598. The molecule has 0 aromatic heterocycles. The highest BCUT2D eigenvalue weighted by molar-refractivity contribution is 8.00. The van der Waals surface area contributed by atoms with Crippen LogP contribution in [0.25, 0.3) is 0 Å². The zero-order chi connectivity index (χ0) is 16.7. The Labute approximate surface area is 141 Å². The zero-order valence-corrected chi connectivity index (χ0v) is 13.9. The lowest BCUT2D eigenvalue weighted by Crippen LogP contribution is -2.68.